The van der Waals surface area contributed by atoms with Gasteiger partial charge in [-0.15, -0.1) is 0 Å². The maximum Gasteiger partial charge on any atom is 0.336 e. The summed E-state index contributed by atoms with van der Waals surface area (Å²) in [6.07, 6.45) is 0. The Labute approximate surface area is 152 Å². The number of fused-ring (bicyclic) bond motifs is 1. The molecule has 0 spiro atoms. The first-order valence-corrected chi connectivity index (χ1v) is 8.33. The van der Waals surface area contributed by atoms with Crippen molar-refractivity contribution in [2.45, 2.75) is 12.8 Å². The Balaban J connectivity index is 2.29. The van der Waals surface area contributed by atoms with Crippen LogP contribution in [-0.4, -0.2) is 23.0 Å². The number of halogens is 1. The number of aromatic amines is 1. The van der Waals surface area contributed by atoms with E-state index in [1.54, 1.807) is 6.92 Å². The number of esters is 1. The van der Waals surface area contributed by atoms with Crippen LogP contribution in [-0.2, 0) is 9.53 Å². The van der Waals surface area contributed by atoms with Gasteiger partial charge in [0.2, 0.25) is 0 Å². The third-order valence-electron chi connectivity index (χ3n) is 3.90. The Hall–Kier alpha value is -2.19. The molecule has 0 bridgehead atoms. The molecule has 6 nitrogen and oxygen atoms in total. The lowest BCUT2D eigenvalue weighted by atomic mass is 9.82. The average molecular weight is 407 g/mol. The monoisotopic (exact) mass is 406 g/mol. The smallest absolute Gasteiger partial charge is 0.336 e. The number of hydrogen-bond acceptors (Lipinski definition) is 6. The van der Waals surface area contributed by atoms with E-state index >= 15 is 0 Å². The number of allylic oxidation sites excluding steroid dienone is 1. The van der Waals surface area contributed by atoms with Crippen LogP contribution in [0.3, 0.4) is 0 Å². The van der Waals surface area contributed by atoms with Gasteiger partial charge in [-0.05, 0) is 36.8 Å². The second kappa shape index (κ2) is 6.37. The van der Waals surface area contributed by atoms with Crippen molar-refractivity contribution in [2.75, 3.05) is 18.2 Å². The summed E-state index contributed by atoms with van der Waals surface area (Å²) in [6, 6.07) is 7.69. The SMILES string of the molecule is COC(=O)C1=C(C)Nc2nc(=S)[nH]c(N)c2C1c1ccc(Br)cc1. The molecule has 0 amide bonds. The van der Waals surface area contributed by atoms with Gasteiger partial charge in [-0.25, -0.2) is 9.78 Å². The zero-order valence-electron chi connectivity index (χ0n) is 13.0. The van der Waals surface area contributed by atoms with Gasteiger partial charge in [-0.2, -0.15) is 0 Å². The van der Waals surface area contributed by atoms with E-state index in [-0.39, 0.29) is 4.77 Å². The lowest BCUT2D eigenvalue weighted by molar-refractivity contribution is -0.136. The summed E-state index contributed by atoms with van der Waals surface area (Å²) in [5.41, 5.74) is 8.90. The molecule has 0 saturated heterocycles. The zero-order valence-corrected chi connectivity index (χ0v) is 15.4. The van der Waals surface area contributed by atoms with E-state index in [0.717, 1.165) is 10.0 Å². The van der Waals surface area contributed by atoms with Crippen molar-refractivity contribution >= 4 is 45.8 Å². The van der Waals surface area contributed by atoms with E-state index in [1.807, 2.05) is 24.3 Å². The van der Waals surface area contributed by atoms with Gasteiger partial charge in [-0.1, -0.05) is 28.1 Å². The molecule has 8 heteroatoms. The molecule has 0 aliphatic carbocycles. The van der Waals surface area contributed by atoms with E-state index in [4.69, 9.17) is 22.7 Å². The summed E-state index contributed by atoms with van der Waals surface area (Å²) in [5.74, 6) is 0.107. The van der Waals surface area contributed by atoms with Gasteiger partial charge >= 0.3 is 5.97 Å². The number of carbonyl (C=O) groups excluding carboxylic acids is 1. The number of anilines is 2. The van der Waals surface area contributed by atoms with Crippen LogP contribution in [0.25, 0.3) is 0 Å². The molecular weight excluding hydrogens is 392 g/mol. The van der Waals surface area contributed by atoms with Crippen molar-refractivity contribution in [3.05, 3.63) is 55.9 Å². The Morgan fingerprint density at radius 2 is 2.04 bits per heavy atom. The van der Waals surface area contributed by atoms with Crippen LogP contribution in [0.2, 0.25) is 0 Å². The summed E-state index contributed by atoms with van der Waals surface area (Å²) in [5, 5.41) is 3.11. The minimum absolute atomic E-state index is 0.280. The molecule has 0 saturated carbocycles. The average Bonchev–Trinajstić information content (AvgIpc) is 2.53. The second-order valence-corrected chi connectivity index (χ2v) is 6.66. The van der Waals surface area contributed by atoms with E-state index in [1.165, 1.54) is 7.11 Å². The predicted octanol–water partition coefficient (Wildman–Crippen LogP) is 3.49. The number of H-pyrrole nitrogens is 1. The second-order valence-electron chi connectivity index (χ2n) is 5.36. The van der Waals surface area contributed by atoms with E-state index in [0.29, 0.717) is 28.5 Å². The summed E-state index contributed by atoms with van der Waals surface area (Å²) < 4.78 is 6.20. The van der Waals surface area contributed by atoms with Crippen LogP contribution < -0.4 is 11.1 Å². The Bertz CT molecular complexity index is 905. The highest BCUT2D eigenvalue weighted by molar-refractivity contribution is 9.10. The van der Waals surface area contributed by atoms with Gasteiger partial charge < -0.3 is 20.8 Å². The van der Waals surface area contributed by atoms with E-state index in [2.05, 4.69) is 31.2 Å². The third kappa shape index (κ3) is 2.83. The molecule has 124 valence electrons. The van der Waals surface area contributed by atoms with Gasteiger partial charge in [0.25, 0.3) is 0 Å². The minimum atomic E-state index is -0.416. The molecule has 1 aliphatic heterocycles. The minimum Gasteiger partial charge on any atom is -0.466 e. The summed E-state index contributed by atoms with van der Waals surface area (Å²) in [7, 11) is 1.36. The van der Waals surface area contributed by atoms with Crippen molar-refractivity contribution in [2.24, 2.45) is 0 Å². The molecule has 24 heavy (non-hydrogen) atoms. The van der Waals surface area contributed by atoms with Crippen molar-refractivity contribution in [1.82, 2.24) is 9.97 Å². The first-order valence-electron chi connectivity index (χ1n) is 7.13. The van der Waals surface area contributed by atoms with Gasteiger partial charge in [0.1, 0.15) is 11.6 Å². The highest BCUT2D eigenvalue weighted by atomic mass is 79.9. The predicted molar refractivity (Wildman–Crippen MR) is 98.2 cm³/mol. The highest BCUT2D eigenvalue weighted by Gasteiger charge is 2.35. The van der Waals surface area contributed by atoms with Crippen molar-refractivity contribution in [3.63, 3.8) is 0 Å². The van der Waals surface area contributed by atoms with Crippen LogP contribution in [0.1, 0.15) is 24.0 Å². The number of rotatable bonds is 2. The van der Waals surface area contributed by atoms with Gasteiger partial charge in [0, 0.05) is 15.7 Å². The first kappa shape index (κ1) is 16.7. The van der Waals surface area contributed by atoms with Crippen molar-refractivity contribution < 1.29 is 9.53 Å². The topological polar surface area (TPSA) is 93.0 Å². The molecule has 0 fully saturated rings. The fourth-order valence-corrected chi connectivity index (χ4v) is 3.33. The normalized spacial score (nSPS) is 16.4. The maximum atomic E-state index is 12.4. The van der Waals surface area contributed by atoms with Crippen LogP contribution >= 0.6 is 28.1 Å². The Morgan fingerprint density at radius 1 is 1.38 bits per heavy atom. The fourth-order valence-electron chi connectivity index (χ4n) is 2.86. The standard InChI is InChI=1S/C16H15BrN4O2S/c1-7-10(15(22)23-2)11(8-3-5-9(17)6-4-8)12-13(18)20-16(24)21-14(12)19-7/h3-6,11H,1-2H3,(H4,18,19,20,21,24). The van der Waals surface area contributed by atoms with Crippen LogP contribution in [0, 0.1) is 4.77 Å². The fraction of sp³-hybridized carbons (Fsp3) is 0.188. The third-order valence-corrected chi connectivity index (χ3v) is 4.62. The molecule has 2 aromatic rings. The Morgan fingerprint density at radius 3 is 2.67 bits per heavy atom. The molecule has 1 aromatic heterocycles. The maximum absolute atomic E-state index is 12.4. The number of nitrogen functional groups attached to an aromatic ring is 1. The molecule has 4 N–H and O–H groups in total. The molecule has 1 unspecified atom stereocenters. The lowest BCUT2D eigenvalue weighted by Crippen LogP contribution is -2.26. The van der Waals surface area contributed by atoms with Crippen LogP contribution in [0.4, 0.5) is 11.6 Å². The van der Waals surface area contributed by atoms with Crippen LogP contribution in [0.5, 0.6) is 0 Å². The summed E-state index contributed by atoms with van der Waals surface area (Å²) in [6.45, 7) is 1.80. The number of carbonyl (C=O) groups is 1. The number of ether oxygens (including phenoxy) is 1. The number of methoxy groups -OCH3 is 1. The first-order chi connectivity index (χ1) is 11.4. The summed E-state index contributed by atoms with van der Waals surface area (Å²) in [4.78, 5) is 19.6. The zero-order chi connectivity index (χ0) is 17.4. The molecule has 1 aromatic carbocycles. The van der Waals surface area contributed by atoms with E-state index < -0.39 is 11.9 Å². The lowest BCUT2D eigenvalue weighted by Gasteiger charge is -2.29. The van der Waals surface area contributed by atoms with Gasteiger partial charge in [-0.3, -0.25) is 0 Å². The number of nitrogens with two attached hydrogens (primary N) is 1. The molecule has 1 atom stereocenters. The number of nitrogens with one attached hydrogen (secondary N) is 2. The van der Waals surface area contributed by atoms with E-state index in [9.17, 15) is 4.79 Å². The number of benzene rings is 1. The highest BCUT2D eigenvalue weighted by Crippen LogP contribution is 2.43. The molecular formula is C16H15BrN4O2S. The number of nitrogens with zero attached hydrogens (tertiary/aromatic N) is 1. The van der Waals surface area contributed by atoms with Crippen molar-refractivity contribution in [1.29, 1.82) is 0 Å². The molecule has 0 radical (unpaired) electrons. The molecule has 2 heterocycles. The van der Waals surface area contributed by atoms with Gasteiger partial charge in [0.15, 0.2) is 4.77 Å². The Kier molecular flexibility index (Phi) is 4.42. The molecule has 1 aliphatic rings. The number of hydrogen-bond donors (Lipinski definition) is 3. The summed E-state index contributed by atoms with van der Waals surface area (Å²) >= 11 is 8.52. The largest absolute Gasteiger partial charge is 0.466 e. The quantitative estimate of drug-likeness (QED) is 0.521. The van der Waals surface area contributed by atoms with Crippen LogP contribution in [0.15, 0.2) is 40.0 Å². The van der Waals surface area contributed by atoms with Crippen molar-refractivity contribution in [3.8, 4) is 0 Å². The van der Waals surface area contributed by atoms with Gasteiger partial charge in [0.05, 0.1) is 18.6 Å². The molecule has 3 rings (SSSR count). The number of aromatic nitrogens is 2.